The third kappa shape index (κ3) is 3.96. The summed E-state index contributed by atoms with van der Waals surface area (Å²) in [6.45, 7) is 4.67. The molecule has 2 unspecified atom stereocenters. The van der Waals surface area contributed by atoms with Crippen molar-refractivity contribution in [1.82, 2.24) is 4.90 Å². The summed E-state index contributed by atoms with van der Waals surface area (Å²) in [7, 11) is 2.14. The van der Waals surface area contributed by atoms with Crippen molar-refractivity contribution in [2.45, 2.75) is 31.9 Å². The highest BCUT2D eigenvalue weighted by Gasteiger charge is 2.27. The molecule has 0 N–H and O–H groups in total. The SMILES string of the molecule is CC1OCCC1N(C)CCCOc1cccc(C#N)c1. The third-order valence-corrected chi connectivity index (χ3v) is 3.79. The Morgan fingerprint density at radius 1 is 1.50 bits per heavy atom. The van der Waals surface area contributed by atoms with Crippen molar-refractivity contribution in [3.63, 3.8) is 0 Å². The molecule has 4 heteroatoms. The molecule has 1 aromatic carbocycles. The van der Waals surface area contributed by atoms with E-state index in [9.17, 15) is 0 Å². The highest BCUT2D eigenvalue weighted by molar-refractivity contribution is 5.36. The molecule has 0 bridgehead atoms. The van der Waals surface area contributed by atoms with E-state index in [1.807, 2.05) is 12.1 Å². The second kappa shape index (κ2) is 7.28. The average molecular weight is 274 g/mol. The number of likely N-dealkylation sites (N-methyl/N-ethyl adjacent to an activating group) is 1. The predicted molar refractivity (Wildman–Crippen MR) is 77.7 cm³/mol. The van der Waals surface area contributed by atoms with Gasteiger partial charge in [-0.2, -0.15) is 5.26 Å². The van der Waals surface area contributed by atoms with Crippen molar-refractivity contribution in [3.05, 3.63) is 29.8 Å². The van der Waals surface area contributed by atoms with Crippen LogP contribution in [0, 0.1) is 11.3 Å². The second-order valence-corrected chi connectivity index (χ2v) is 5.25. The first-order chi connectivity index (χ1) is 9.70. The first kappa shape index (κ1) is 14.8. The molecular weight excluding hydrogens is 252 g/mol. The second-order valence-electron chi connectivity index (χ2n) is 5.25. The smallest absolute Gasteiger partial charge is 0.120 e. The molecule has 0 spiro atoms. The van der Waals surface area contributed by atoms with Crippen molar-refractivity contribution in [2.75, 3.05) is 26.8 Å². The largest absolute Gasteiger partial charge is 0.494 e. The molecule has 108 valence electrons. The van der Waals surface area contributed by atoms with Crippen molar-refractivity contribution in [1.29, 1.82) is 5.26 Å². The van der Waals surface area contributed by atoms with Crippen LogP contribution in [0.25, 0.3) is 0 Å². The molecule has 1 heterocycles. The number of hydrogen-bond donors (Lipinski definition) is 0. The molecule has 20 heavy (non-hydrogen) atoms. The van der Waals surface area contributed by atoms with E-state index in [1.54, 1.807) is 12.1 Å². The number of rotatable bonds is 6. The van der Waals surface area contributed by atoms with Crippen LogP contribution in [0.3, 0.4) is 0 Å². The van der Waals surface area contributed by atoms with Crippen LogP contribution in [0.15, 0.2) is 24.3 Å². The van der Waals surface area contributed by atoms with E-state index in [2.05, 4.69) is 24.9 Å². The van der Waals surface area contributed by atoms with Gasteiger partial charge in [0.05, 0.1) is 24.3 Å². The summed E-state index contributed by atoms with van der Waals surface area (Å²) in [6, 6.07) is 9.93. The van der Waals surface area contributed by atoms with Gasteiger partial charge >= 0.3 is 0 Å². The molecule has 0 aromatic heterocycles. The summed E-state index contributed by atoms with van der Waals surface area (Å²) in [6.07, 6.45) is 2.41. The quantitative estimate of drug-likeness (QED) is 0.747. The number of nitrogens with zero attached hydrogens (tertiary/aromatic N) is 2. The topological polar surface area (TPSA) is 45.5 Å². The van der Waals surface area contributed by atoms with Crippen molar-refractivity contribution in [2.24, 2.45) is 0 Å². The van der Waals surface area contributed by atoms with Gasteiger partial charge in [0.25, 0.3) is 0 Å². The Bertz CT molecular complexity index is 470. The maximum Gasteiger partial charge on any atom is 0.120 e. The zero-order chi connectivity index (χ0) is 14.4. The minimum atomic E-state index is 0.327. The lowest BCUT2D eigenvalue weighted by atomic mass is 10.1. The standard InChI is InChI=1S/C16H22N2O2/c1-13-16(7-10-19-13)18(2)8-4-9-20-15-6-3-5-14(11-15)12-17/h3,5-6,11,13,16H,4,7-10H2,1-2H3. The van der Waals surface area contributed by atoms with Gasteiger partial charge in [-0.05, 0) is 45.0 Å². The van der Waals surface area contributed by atoms with Gasteiger partial charge in [0.1, 0.15) is 5.75 Å². The molecule has 1 aromatic rings. The van der Waals surface area contributed by atoms with E-state index in [0.717, 1.165) is 31.7 Å². The van der Waals surface area contributed by atoms with Gasteiger partial charge in [0.2, 0.25) is 0 Å². The highest BCUT2D eigenvalue weighted by atomic mass is 16.5. The number of hydrogen-bond acceptors (Lipinski definition) is 4. The Kier molecular flexibility index (Phi) is 5.40. The summed E-state index contributed by atoms with van der Waals surface area (Å²) in [5.41, 5.74) is 0.636. The fourth-order valence-electron chi connectivity index (χ4n) is 2.62. The Labute approximate surface area is 120 Å². The zero-order valence-corrected chi connectivity index (χ0v) is 12.2. The Hall–Kier alpha value is -1.57. The first-order valence-corrected chi connectivity index (χ1v) is 7.15. The van der Waals surface area contributed by atoms with Crippen LogP contribution < -0.4 is 4.74 Å². The van der Waals surface area contributed by atoms with Gasteiger partial charge in [-0.15, -0.1) is 0 Å². The summed E-state index contributed by atoms with van der Waals surface area (Å²) in [5.74, 6) is 0.768. The minimum Gasteiger partial charge on any atom is -0.494 e. The van der Waals surface area contributed by atoms with Crippen LogP contribution in [-0.4, -0.2) is 43.9 Å². The van der Waals surface area contributed by atoms with Crippen LogP contribution >= 0.6 is 0 Å². The van der Waals surface area contributed by atoms with Gasteiger partial charge in [-0.25, -0.2) is 0 Å². The van der Waals surface area contributed by atoms with Gasteiger partial charge < -0.3 is 14.4 Å². The fraction of sp³-hybridized carbons (Fsp3) is 0.562. The predicted octanol–water partition coefficient (Wildman–Crippen LogP) is 2.44. The Morgan fingerprint density at radius 3 is 3.05 bits per heavy atom. The van der Waals surface area contributed by atoms with E-state index in [-0.39, 0.29) is 0 Å². The van der Waals surface area contributed by atoms with Gasteiger partial charge in [-0.1, -0.05) is 6.07 Å². The number of benzene rings is 1. The first-order valence-electron chi connectivity index (χ1n) is 7.15. The molecule has 0 aliphatic carbocycles. The third-order valence-electron chi connectivity index (χ3n) is 3.79. The van der Waals surface area contributed by atoms with Gasteiger partial charge in [0.15, 0.2) is 0 Å². The van der Waals surface area contributed by atoms with E-state index in [4.69, 9.17) is 14.7 Å². The summed E-state index contributed by atoms with van der Waals surface area (Å²) >= 11 is 0. The van der Waals surface area contributed by atoms with Crippen molar-refractivity contribution < 1.29 is 9.47 Å². The normalized spacial score (nSPS) is 21.9. The Balaban J connectivity index is 1.69. The lowest BCUT2D eigenvalue weighted by Gasteiger charge is -2.26. The minimum absolute atomic E-state index is 0.327. The van der Waals surface area contributed by atoms with E-state index < -0.39 is 0 Å². The monoisotopic (exact) mass is 274 g/mol. The van der Waals surface area contributed by atoms with Crippen molar-refractivity contribution >= 4 is 0 Å². The van der Waals surface area contributed by atoms with E-state index in [0.29, 0.717) is 24.3 Å². The van der Waals surface area contributed by atoms with E-state index in [1.165, 1.54) is 0 Å². The molecule has 0 amide bonds. The lowest BCUT2D eigenvalue weighted by Crippen LogP contribution is -2.37. The number of ether oxygens (including phenoxy) is 2. The van der Waals surface area contributed by atoms with Gasteiger partial charge in [0, 0.05) is 19.2 Å². The molecule has 1 aliphatic heterocycles. The summed E-state index contributed by atoms with van der Waals surface area (Å²) < 4.78 is 11.3. The van der Waals surface area contributed by atoms with E-state index >= 15 is 0 Å². The number of nitriles is 1. The maximum atomic E-state index is 8.83. The molecule has 0 radical (unpaired) electrons. The molecule has 0 saturated carbocycles. The summed E-state index contributed by atoms with van der Waals surface area (Å²) in [4.78, 5) is 2.35. The molecular formula is C16H22N2O2. The molecule has 2 rings (SSSR count). The van der Waals surface area contributed by atoms with Gasteiger partial charge in [-0.3, -0.25) is 0 Å². The molecule has 1 saturated heterocycles. The average Bonchev–Trinajstić information content (AvgIpc) is 2.90. The maximum absolute atomic E-state index is 8.83. The highest BCUT2D eigenvalue weighted by Crippen LogP contribution is 2.18. The molecule has 1 fully saturated rings. The lowest BCUT2D eigenvalue weighted by molar-refractivity contribution is 0.0818. The summed E-state index contributed by atoms with van der Waals surface area (Å²) in [5, 5.41) is 8.83. The Morgan fingerprint density at radius 2 is 2.35 bits per heavy atom. The molecule has 2 atom stereocenters. The van der Waals surface area contributed by atoms with Crippen LogP contribution in [0.4, 0.5) is 0 Å². The van der Waals surface area contributed by atoms with Crippen LogP contribution in [0.2, 0.25) is 0 Å². The molecule has 1 aliphatic rings. The van der Waals surface area contributed by atoms with Crippen LogP contribution in [0.5, 0.6) is 5.75 Å². The van der Waals surface area contributed by atoms with Crippen molar-refractivity contribution in [3.8, 4) is 11.8 Å². The zero-order valence-electron chi connectivity index (χ0n) is 12.2. The fourth-order valence-corrected chi connectivity index (χ4v) is 2.62. The van der Waals surface area contributed by atoms with Crippen LogP contribution in [0.1, 0.15) is 25.3 Å². The molecule has 4 nitrogen and oxygen atoms in total. The van der Waals surface area contributed by atoms with Crippen LogP contribution in [-0.2, 0) is 4.74 Å².